The molecule has 0 aromatic heterocycles. The molecule has 0 fully saturated rings. The molecule has 0 unspecified atom stereocenters. The summed E-state index contributed by atoms with van der Waals surface area (Å²) in [4.78, 5) is 0. The number of hydrazine groups is 1. The maximum atomic E-state index is 9.01. The molecule has 6 N–H and O–H groups in total. The van der Waals surface area contributed by atoms with Crippen LogP contribution < -0.4 is 31.8 Å². The molecule has 0 aliphatic heterocycles. The number of hydrogen-bond acceptors (Lipinski definition) is 7. The van der Waals surface area contributed by atoms with E-state index < -0.39 is 0 Å². The van der Waals surface area contributed by atoms with Gasteiger partial charge in [-0.2, -0.15) is 5.26 Å². The Morgan fingerprint density at radius 1 is 1.11 bits per heavy atom. The fraction of sp³-hybridized carbons (Fsp3) is 0.250. The monoisotopic (exact) mass is 367 g/mol. The number of nitrogens with zero attached hydrogens (tertiary/aromatic N) is 1. The van der Waals surface area contributed by atoms with Gasteiger partial charge in [0.2, 0.25) is 0 Å². The lowest BCUT2D eigenvalue weighted by Crippen LogP contribution is -2.23. The van der Waals surface area contributed by atoms with Crippen molar-refractivity contribution >= 4 is 5.70 Å². The second kappa shape index (κ2) is 10.7. The molecule has 2 aromatic carbocycles. The average molecular weight is 367 g/mol. The molecular formula is C20H25N5O2. The van der Waals surface area contributed by atoms with Gasteiger partial charge in [-0.25, -0.2) is 5.84 Å². The van der Waals surface area contributed by atoms with Crippen molar-refractivity contribution in [3.8, 4) is 17.6 Å². The van der Waals surface area contributed by atoms with Crippen LogP contribution in [0.2, 0.25) is 0 Å². The number of allylic oxidation sites excluding steroid dienone is 1. The lowest BCUT2D eigenvalue weighted by molar-refractivity contribution is 0.302. The van der Waals surface area contributed by atoms with Gasteiger partial charge in [-0.15, -0.1) is 0 Å². The van der Waals surface area contributed by atoms with Crippen LogP contribution in [0.15, 0.2) is 54.2 Å². The van der Waals surface area contributed by atoms with E-state index >= 15 is 0 Å². The Labute approximate surface area is 159 Å². The van der Waals surface area contributed by atoms with Gasteiger partial charge >= 0.3 is 0 Å². The molecule has 2 aromatic rings. The minimum atomic E-state index is 0.109. The van der Waals surface area contributed by atoms with E-state index in [-0.39, 0.29) is 11.4 Å². The summed E-state index contributed by atoms with van der Waals surface area (Å²) in [6.07, 6.45) is 0.961. The minimum absolute atomic E-state index is 0.109. The quantitative estimate of drug-likeness (QED) is 0.219. The first-order valence-corrected chi connectivity index (χ1v) is 8.64. The zero-order valence-electron chi connectivity index (χ0n) is 15.4. The number of hydrogen-bond donors (Lipinski definition) is 4. The number of nitrogens with one attached hydrogen (secondary N) is 2. The first kappa shape index (κ1) is 20.1. The van der Waals surface area contributed by atoms with Crippen LogP contribution in [-0.4, -0.2) is 20.2 Å². The van der Waals surface area contributed by atoms with Crippen molar-refractivity contribution in [1.82, 2.24) is 10.7 Å². The molecule has 7 nitrogen and oxygen atoms in total. The van der Waals surface area contributed by atoms with E-state index in [0.717, 1.165) is 24.3 Å². The summed E-state index contributed by atoms with van der Waals surface area (Å²) in [7, 11) is 1.92. The van der Waals surface area contributed by atoms with Crippen molar-refractivity contribution in [2.45, 2.75) is 13.0 Å². The standard InChI is InChI=1S/C20H25N5O2/c1-24-10-3-11-26-17-8-6-15(7-9-17)14-27-18-5-2-4-16(12-18)20(22)19(13-21)25-23/h2,4-9,12,24-25H,3,10-11,14,22-23H2,1H3/b20-19-. The molecule has 0 aliphatic rings. The smallest absolute Gasteiger partial charge is 0.151 e. The van der Waals surface area contributed by atoms with Gasteiger partial charge in [-0.05, 0) is 49.8 Å². The van der Waals surface area contributed by atoms with Crippen molar-refractivity contribution in [3.63, 3.8) is 0 Å². The molecule has 0 heterocycles. The van der Waals surface area contributed by atoms with Crippen molar-refractivity contribution in [2.75, 3.05) is 20.2 Å². The first-order chi connectivity index (χ1) is 13.2. The summed E-state index contributed by atoms with van der Waals surface area (Å²) in [6, 6.07) is 16.9. The summed E-state index contributed by atoms with van der Waals surface area (Å²) in [5.74, 6) is 6.79. The molecular weight excluding hydrogens is 342 g/mol. The van der Waals surface area contributed by atoms with E-state index in [1.54, 1.807) is 12.1 Å². The third kappa shape index (κ3) is 6.22. The number of nitrogens with two attached hydrogens (primary N) is 2. The molecule has 0 radical (unpaired) electrons. The average Bonchev–Trinajstić information content (AvgIpc) is 2.71. The fourth-order valence-corrected chi connectivity index (χ4v) is 2.36. The van der Waals surface area contributed by atoms with Crippen LogP contribution in [0.25, 0.3) is 5.70 Å². The molecule has 0 aliphatic carbocycles. The molecule has 0 saturated carbocycles. The lowest BCUT2D eigenvalue weighted by atomic mass is 10.1. The van der Waals surface area contributed by atoms with E-state index in [2.05, 4.69) is 10.7 Å². The maximum Gasteiger partial charge on any atom is 0.151 e. The summed E-state index contributed by atoms with van der Waals surface area (Å²) in [6.45, 7) is 2.02. The van der Waals surface area contributed by atoms with Gasteiger partial charge in [0.1, 0.15) is 24.2 Å². The van der Waals surface area contributed by atoms with Gasteiger partial charge in [-0.3, -0.25) is 0 Å². The van der Waals surface area contributed by atoms with E-state index in [4.69, 9.17) is 26.3 Å². The van der Waals surface area contributed by atoms with E-state index in [0.29, 0.717) is 24.5 Å². The number of benzene rings is 2. The van der Waals surface area contributed by atoms with Gasteiger partial charge in [0.05, 0.1) is 12.3 Å². The number of nitriles is 1. The Morgan fingerprint density at radius 3 is 2.56 bits per heavy atom. The Bertz CT molecular complexity index is 797. The zero-order chi connectivity index (χ0) is 19.5. The van der Waals surface area contributed by atoms with Crippen molar-refractivity contribution in [3.05, 3.63) is 65.4 Å². The van der Waals surface area contributed by atoms with Crippen LogP contribution in [0.5, 0.6) is 11.5 Å². The normalized spacial score (nSPS) is 11.3. The van der Waals surface area contributed by atoms with Gasteiger partial charge in [0, 0.05) is 5.56 Å². The Hall–Kier alpha value is -3.21. The highest BCUT2D eigenvalue weighted by Crippen LogP contribution is 2.20. The van der Waals surface area contributed by atoms with E-state index in [1.165, 1.54) is 0 Å². The molecule has 0 atom stereocenters. The van der Waals surface area contributed by atoms with Crippen LogP contribution in [0.3, 0.4) is 0 Å². The maximum absolute atomic E-state index is 9.01. The van der Waals surface area contributed by atoms with Crippen LogP contribution in [0, 0.1) is 11.3 Å². The molecule has 0 saturated heterocycles. The van der Waals surface area contributed by atoms with Gasteiger partial charge in [0.15, 0.2) is 5.70 Å². The van der Waals surface area contributed by atoms with Gasteiger partial charge in [-0.1, -0.05) is 24.3 Å². The summed E-state index contributed by atoms with van der Waals surface area (Å²) < 4.78 is 11.5. The predicted molar refractivity (Wildman–Crippen MR) is 105 cm³/mol. The largest absolute Gasteiger partial charge is 0.494 e. The molecule has 7 heteroatoms. The third-order valence-corrected chi connectivity index (χ3v) is 3.84. The summed E-state index contributed by atoms with van der Waals surface area (Å²) in [5, 5.41) is 12.1. The topological polar surface area (TPSA) is 118 Å². The molecule has 0 bridgehead atoms. The van der Waals surface area contributed by atoms with Crippen molar-refractivity contribution in [1.29, 1.82) is 5.26 Å². The lowest BCUT2D eigenvalue weighted by Gasteiger charge is -2.10. The number of rotatable bonds is 10. The van der Waals surface area contributed by atoms with Crippen LogP contribution in [0.4, 0.5) is 0 Å². The third-order valence-electron chi connectivity index (χ3n) is 3.84. The zero-order valence-corrected chi connectivity index (χ0v) is 15.4. The highest BCUT2D eigenvalue weighted by Gasteiger charge is 2.06. The minimum Gasteiger partial charge on any atom is -0.494 e. The molecule has 142 valence electrons. The van der Waals surface area contributed by atoms with Crippen LogP contribution >= 0.6 is 0 Å². The molecule has 0 spiro atoms. The Morgan fingerprint density at radius 2 is 1.89 bits per heavy atom. The molecule has 27 heavy (non-hydrogen) atoms. The Balaban J connectivity index is 1.94. The first-order valence-electron chi connectivity index (χ1n) is 8.64. The SMILES string of the molecule is CNCCCOc1ccc(COc2cccc(/C(N)=C(\C#N)NN)c2)cc1. The summed E-state index contributed by atoms with van der Waals surface area (Å²) in [5.41, 5.74) is 10.3. The van der Waals surface area contributed by atoms with Crippen molar-refractivity contribution in [2.24, 2.45) is 11.6 Å². The van der Waals surface area contributed by atoms with Gasteiger partial charge < -0.3 is 25.9 Å². The number of ether oxygens (including phenoxy) is 2. The van der Waals surface area contributed by atoms with Gasteiger partial charge in [0.25, 0.3) is 0 Å². The summed E-state index contributed by atoms with van der Waals surface area (Å²) >= 11 is 0. The second-order valence-electron chi connectivity index (χ2n) is 5.81. The predicted octanol–water partition coefficient (Wildman–Crippen LogP) is 1.87. The molecule has 2 rings (SSSR count). The van der Waals surface area contributed by atoms with E-state index in [1.807, 2.05) is 49.5 Å². The highest BCUT2D eigenvalue weighted by atomic mass is 16.5. The highest BCUT2D eigenvalue weighted by molar-refractivity contribution is 5.69. The Kier molecular flexibility index (Phi) is 7.97. The van der Waals surface area contributed by atoms with Crippen LogP contribution in [-0.2, 0) is 6.61 Å². The van der Waals surface area contributed by atoms with Crippen molar-refractivity contribution < 1.29 is 9.47 Å². The molecule has 0 amide bonds. The fourth-order valence-electron chi connectivity index (χ4n) is 2.36. The second-order valence-corrected chi connectivity index (χ2v) is 5.81. The van der Waals surface area contributed by atoms with E-state index in [9.17, 15) is 0 Å². The van der Waals surface area contributed by atoms with Crippen LogP contribution in [0.1, 0.15) is 17.5 Å².